The van der Waals surface area contributed by atoms with Crippen molar-refractivity contribution < 1.29 is 15.3 Å². The number of allylic oxidation sites excluding steroid dienone is 3. The first kappa shape index (κ1) is 24.1. The van der Waals surface area contributed by atoms with E-state index >= 15 is 0 Å². The molecule has 4 heteroatoms. The van der Waals surface area contributed by atoms with Crippen LogP contribution in [0.25, 0.3) is 0 Å². The topological polar surface area (TPSA) is 60.7 Å². The Kier molecular flexibility index (Phi) is 7.65. The van der Waals surface area contributed by atoms with Crippen LogP contribution in [-0.2, 0) is 0 Å². The minimum absolute atomic E-state index is 0.361. The van der Waals surface area contributed by atoms with Gasteiger partial charge < -0.3 is 15.3 Å². The first-order valence-corrected chi connectivity index (χ1v) is 12.9. The van der Waals surface area contributed by atoms with E-state index in [0.717, 1.165) is 35.0 Å². The predicted molar refractivity (Wildman–Crippen MR) is 128 cm³/mol. The number of rotatable bonds is 6. The summed E-state index contributed by atoms with van der Waals surface area (Å²) >= 11 is 1.89. The molecular formula is C26H42O3S. The zero-order chi connectivity index (χ0) is 22.1. The lowest BCUT2D eigenvalue weighted by atomic mass is 9.61. The Bertz CT molecular complexity index is 689. The van der Waals surface area contributed by atoms with Gasteiger partial charge in [0.1, 0.15) is 0 Å². The molecule has 3 aliphatic rings. The first-order valence-electron chi connectivity index (χ1n) is 11.8. The van der Waals surface area contributed by atoms with Gasteiger partial charge in [0.25, 0.3) is 0 Å². The van der Waals surface area contributed by atoms with Gasteiger partial charge in [0.05, 0.1) is 17.8 Å². The molecule has 0 bridgehead atoms. The molecule has 0 aliphatic heterocycles. The molecular weight excluding hydrogens is 392 g/mol. The molecule has 3 fully saturated rings. The van der Waals surface area contributed by atoms with Crippen LogP contribution < -0.4 is 0 Å². The maximum absolute atomic E-state index is 10.1. The fourth-order valence-electron chi connectivity index (χ4n) is 6.29. The molecule has 6 atom stereocenters. The van der Waals surface area contributed by atoms with Crippen LogP contribution in [0.4, 0.5) is 0 Å². The molecule has 0 aromatic heterocycles. The van der Waals surface area contributed by atoms with E-state index in [1.807, 2.05) is 25.6 Å². The number of fused-ring (bicyclic) bond motifs is 1. The van der Waals surface area contributed by atoms with E-state index in [-0.39, 0.29) is 0 Å². The first-order chi connectivity index (χ1) is 14.0. The van der Waals surface area contributed by atoms with E-state index in [9.17, 15) is 15.3 Å². The number of hydrogen-bond acceptors (Lipinski definition) is 4. The average Bonchev–Trinajstić information content (AvgIpc) is 3.00. The van der Waals surface area contributed by atoms with E-state index in [0.29, 0.717) is 30.1 Å². The van der Waals surface area contributed by atoms with Gasteiger partial charge in [-0.05, 0) is 92.4 Å². The third kappa shape index (κ3) is 5.43. The quantitative estimate of drug-likeness (QED) is 0.533. The van der Waals surface area contributed by atoms with Crippen molar-refractivity contribution in [2.45, 2.75) is 90.4 Å². The molecule has 3 rings (SSSR count). The lowest BCUT2D eigenvalue weighted by Crippen LogP contribution is -2.36. The molecule has 3 aliphatic carbocycles. The zero-order valence-corrected chi connectivity index (χ0v) is 20.2. The number of hydrogen-bond donors (Lipinski definition) is 3. The van der Waals surface area contributed by atoms with Gasteiger partial charge in [0, 0.05) is 12.2 Å². The van der Waals surface area contributed by atoms with Crippen LogP contribution in [0.2, 0.25) is 0 Å². The standard InChI is InChI=1S/C26H42O3S/c1-17(15-30-16-25(3,4)29)22-10-11-23-19(7-6-12-26(22,23)5)8-9-20-13-21(27)14-24(28)18(20)2/h8-9,17,21-24,27-29H,2,6-7,10-16H2,1,3-5H3/b19-8+,20-9+/t17-,21-,22-,23+,24+,26-/m1/s1. The molecule has 3 saturated carbocycles. The summed E-state index contributed by atoms with van der Waals surface area (Å²) in [5.74, 6) is 3.96. The smallest absolute Gasteiger partial charge is 0.0811 e. The summed E-state index contributed by atoms with van der Waals surface area (Å²) in [6, 6.07) is 0. The third-order valence-electron chi connectivity index (χ3n) is 7.83. The van der Waals surface area contributed by atoms with Crippen molar-refractivity contribution in [3.05, 3.63) is 35.5 Å². The Morgan fingerprint density at radius 2 is 2.00 bits per heavy atom. The summed E-state index contributed by atoms with van der Waals surface area (Å²) in [6.07, 6.45) is 10.6. The van der Waals surface area contributed by atoms with Crippen LogP contribution in [0.1, 0.15) is 72.6 Å². The molecule has 0 spiro atoms. The summed E-state index contributed by atoms with van der Waals surface area (Å²) in [5, 5.41) is 30.2. The molecule has 0 amide bonds. The summed E-state index contributed by atoms with van der Waals surface area (Å²) < 4.78 is 0. The summed E-state index contributed by atoms with van der Waals surface area (Å²) in [6.45, 7) is 12.8. The summed E-state index contributed by atoms with van der Waals surface area (Å²) in [5.41, 5.74) is 3.10. The van der Waals surface area contributed by atoms with Crippen LogP contribution in [-0.4, -0.2) is 44.6 Å². The van der Waals surface area contributed by atoms with Crippen molar-refractivity contribution in [1.29, 1.82) is 0 Å². The second-order valence-corrected chi connectivity index (χ2v) is 12.0. The monoisotopic (exact) mass is 434 g/mol. The molecule has 0 heterocycles. The SMILES string of the molecule is C=C1/C(=C/C=C2\CCC[C@]3(C)[C@@H]([C@H](C)CSCC(C)(C)O)CC[C@@H]23)C[C@@H](O)C[C@@H]1O. The molecule has 0 radical (unpaired) electrons. The second-order valence-electron chi connectivity index (χ2n) is 11.0. The van der Waals surface area contributed by atoms with E-state index in [1.165, 1.54) is 25.7 Å². The van der Waals surface area contributed by atoms with Gasteiger partial charge in [-0.2, -0.15) is 11.8 Å². The van der Waals surface area contributed by atoms with Crippen molar-refractivity contribution in [3.8, 4) is 0 Å². The van der Waals surface area contributed by atoms with Gasteiger partial charge in [-0.1, -0.05) is 38.2 Å². The molecule has 3 nitrogen and oxygen atoms in total. The van der Waals surface area contributed by atoms with Crippen LogP contribution in [0.15, 0.2) is 35.5 Å². The van der Waals surface area contributed by atoms with Crippen LogP contribution in [0.5, 0.6) is 0 Å². The molecule has 0 aromatic carbocycles. The lowest BCUT2D eigenvalue weighted by molar-refractivity contribution is 0.0861. The Labute approximate surface area is 187 Å². The van der Waals surface area contributed by atoms with E-state index in [1.54, 1.807) is 5.57 Å². The molecule has 30 heavy (non-hydrogen) atoms. The Morgan fingerprint density at radius 3 is 2.70 bits per heavy atom. The highest BCUT2D eigenvalue weighted by atomic mass is 32.2. The van der Waals surface area contributed by atoms with Crippen LogP contribution in [0, 0.1) is 23.2 Å². The van der Waals surface area contributed by atoms with E-state index in [2.05, 4.69) is 32.6 Å². The zero-order valence-electron chi connectivity index (χ0n) is 19.4. The third-order valence-corrected chi connectivity index (χ3v) is 9.50. The van der Waals surface area contributed by atoms with Gasteiger partial charge in [-0.3, -0.25) is 0 Å². The van der Waals surface area contributed by atoms with Crippen molar-refractivity contribution in [3.63, 3.8) is 0 Å². The van der Waals surface area contributed by atoms with E-state index in [4.69, 9.17) is 0 Å². The van der Waals surface area contributed by atoms with Gasteiger partial charge in [-0.25, -0.2) is 0 Å². The molecule has 0 saturated heterocycles. The highest BCUT2D eigenvalue weighted by Gasteiger charge is 2.50. The fraction of sp³-hybridized carbons (Fsp3) is 0.769. The Balaban J connectivity index is 1.70. The highest BCUT2D eigenvalue weighted by molar-refractivity contribution is 7.99. The van der Waals surface area contributed by atoms with Gasteiger partial charge in [0.2, 0.25) is 0 Å². The fourth-order valence-corrected chi connectivity index (χ4v) is 7.51. The van der Waals surface area contributed by atoms with Crippen molar-refractivity contribution in [2.75, 3.05) is 11.5 Å². The van der Waals surface area contributed by atoms with Crippen molar-refractivity contribution in [2.24, 2.45) is 23.2 Å². The Hall–Kier alpha value is -0.550. The van der Waals surface area contributed by atoms with Crippen molar-refractivity contribution >= 4 is 11.8 Å². The minimum atomic E-state index is -0.617. The molecule has 0 unspecified atom stereocenters. The highest BCUT2D eigenvalue weighted by Crippen LogP contribution is 2.59. The van der Waals surface area contributed by atoms with Gasteiger partial charge in [0.15, 0.2) is 0 Å². The van der Waals surface area contributed by atoms with Crippen molar-refractivity contribution in [1.82, 2.24) is 0 Å². The maximum atomic E-state index is 10.1. The average molecular weight is 435 g/mol. The van der Waals surface area contributed by atoms with Crippen LogP contribution >= 0.6 is 11.8 Å². The summed E-state index contributed by atoms with van der Waals surface area (Å²) in [7, 11) is 0. The van der Waals surface area contributed by atoms with E-state index < -0.39 is 17.8 Å². The molecule has 170 valence electrons. The molecule has 3 N–H and O–H groups in total. The number of aliphatic hydroxyl groups is 3. The second kappa shape index (κ2) is 9.52. The van der Waals surface area contributed by atoms with Gasteiger partial charge >= 0.3 is 0 Å². The predicted octanol–water partition coefficient (Wildman–Crippen LogP) is 5.27. The minimum Gasteiger partial charge on any atom is -0.393 e. The molecule has 0 aromatic rings. The summed E-state index contributed by atoms with van der Waals surface area (Å²) in [4.78, 5) is 0. The number of thioether (sulfide) groups is 1. The van der Waals surface area contributed by atoms with Crippen LogP contribution in [0.3, 0.4) is 0 Å². The lowest BCUT2D eigenvalue weighted by Gasteiger charge is -2.44. The normalized spacial score (nSPS) is 38.8. The van der Waals surface area contributed by atoms with Gasteiger partial charge in [-0.15, -0.1) is 0 Å². The maximum Gasteiger partial charge on any atom is 0.0811 e. The Morgan fingerprint density at radius 1 is 1.27 bits per heavy atom. The largest absolute Gasteiger partial charge is 0.393 e. The number of aliphatic hydroxyl groups excluding tert-OH is 2.